The molecular formula is C19H21N3O2S2. The Balaban J connectivity index is 1.55. The van der Waals surface area contributed by atoms with Crippen molar-refractivity contribution in [1.82, 2.24) is 9.88 Å². The highest BCUT2D eigenvalue weighted by atomic mass is 32.1. The van der Waals surface area contributed by atoms with Crippen LogP contribution in [0.2, 0.25) is 0 Å². The van der Waals surface area contributed by atoms with Crippen molar-refractivity contribution in [2.24, 2.45) is 0 Å². The van der Waals surface area contributed by atoms with Crippen molar-refractivity contribution in [3.8, 4) is 5.75 Å². The highest BCUT2D eigenvalue weighted by molar-refractivity contribution is 7.29. The molecule has 3 heterocycles. The fraction of sp³-hybridized carbons (Fsp3) is 0.368. The Hall–Kier alpha value is -2.12. The van der Waals surface area contributed by atoms with Crippen molar-refractivity contribution < 1.29 is 9.53 Å². The number of aromatic nitrogens is 1. The number of benzene rings is 1. The summed E-state index contributed by atoms with van der Waals surface area (Å²) < 4.78 is 6.41. The Morgan fingerprint density at radius 3 is 2.92 bits per heavy atom. The monoisotopic (exact) mass is 387 g/mol. The van der Waals surface area contributed by atoms with E-state index < -0.39 is 0 Å². The molecule has 1 aliphatic heterocycles. The van der Waals surface area contributed by atoms with Gasteiger partial charge in [0.2, 0.25) is 0 Å². The minimum Gasteiger partial charge on any atom is -0.495 e. The summed E-state index contributed by atoms with van der Waals surface area (Å²) in [7, 11) is 1.65. The van der Waals surface area contributed by atoms with Crippen molar-refractivity contribution >= 4 is 48.9 Å². The number of rotatable bonds is 4. The first-order valence-electron chi connectivity index (χ1n) is 8.77. The Bertz CT molecular complexity index is 902. The van der Waals surface area contributed by atoms with Crippen molar-refractivity contribution in [3.05, 3.63) is 35.2 Å². The first kappa shape index (κ1) is 17.3. The van der Waals surface area contributed by atoms with E-state index in [0.29, 0.717) is 6.04 Å². The SMILES string of the molecule is COc1ccccc1Nc1nc2sc(C(=O)N3CCCCC3C)cc2s1. The lowest BCUT2D eigenvalue weighted by atomic mass is 10.0. The number of amides is 1. The lowest BCUT2D eigenvalue weighted by molar-refractivity contribution is 0.0641. The standard InChI is InChI=1S/C19H21N3O2S2/c1-12-7-5-6-10-22(12)18(23)16-11-15-17(25-16)21-19(26-15)20-13-8-3-4-9-14(13)24-2/h3-4,8-9,11-12H,5-7,10H2,1-2H3,(H,20,21). The molecule has 3 aromatic rings. The second-order valence-electron chi connectivity index (χ2n) is 6.47. The van der Waals surface area contributed by atoms with Gasteiger partial charge < -0.3 is 15.0 Å². The molecule has 2 aromatic heterocycles. The Labute approximate surface area is 160 Å². The minimum absolute atomic E-state index is 0.145. The summed E-state index contributed by atoms with van der Waals surface area (Å²) in [5, 5.41) is 4.12. The Morgan fingerprint density at radius 1 is 1.31 bits per heavy atom. The third-order valence-electron chi connectivity index (χ3n) is 4.71. The lowest BCUT2D eigenvalue weighted by Crippen LogP contribution is -2.41. The highest BCUT2D eigenvalue weighted by Crippen LogP contribution is 2.36. The second kappa shape index (κ2) is 7.25. The van der Waals surface area contributed by atoms with Crippen LogP contribution in [-0.4, -0.2) is 35.5 Å². The first-order chi connectivity index (χ1) is 12.7. The van der Waals surface area contributed by atoms with Gasteiger partial charge >= 0.3 is 0 Å². The number of hydrogen-bond donors (Lipinski definition) is 1. The smallest absolute Gasteiger partial charge is 0.264 e. The summed E-state index contributed by atoms with van der Waals surface area (Å²) in [6.07, 6.45) is 3.40. The molecule has 1 aliphatic rings. The van der Waals surface area contributed by atoms with Crippen LogP contribution in [0.4, 0.5) is 10.8 Å². The van der Waals surface area contributed by atoms with Gasteiger partial charge in [0.05, 0.1) is 22.4 Å². The number of fused-ring (bicyclic) bond motifs is 1. The van der Waals surface area contributed by atoms with Crippen molar-refractivity contribution in [3.63, 3.8) is 0 Å². The Kier molecular flexibility index (Phi) is 4.82. The number of carbonyl (C=O) groups excluding carboxylic acids is 1. The molecule has 0 spiro atoms. The Morgan fingerprint density at radius 2 is 2.15 bits per heavy atom. The molecule has 1 amide bonds. The first-order valence-corrected chi connectivity index (χ1v) is 10.4. The van der Waals surface area contributed by atoms with E-state index in [4.69, 9.17) is 4.74 Å². The molecule has 136 valence electrons. The summed E-state index contributed by atoms with van der Waals surface area (Å²) >= 11 is 3.04. The predicted octanol–water partition coefficient (Wildman–Crippen LogP) is 5.12. The van der Waals surface area contributed by atoms with E-state index in [2.05, 4.69) is 17.2 Å². The van der Waals surface area contributed by atoms with E-state index in [1.807, 2.05) is 35.2 Å². The number of ether oxygens (including phenoxy) is 1. The molecule has 1 N–H and O–H groups in total. The molecule has 0 saturated carbocycles. The van der Waals surface area contributed by atoms with Crippen molar-refractivity contribution in [2.45, 2.75) is 32.2 Å². The molecule has 1 atom stereocenters. The average molecular weight is 388 g/mol. The minimum atomic E-state index is 0.145. The molecule has 0 bridgehead atoms. The topological polar surface area (TPSA) is 54.5 Å². The van der Waals surface area contributed by atoms with Gasteiger partial charge in [-0.25, -0.2) is 4.98 Å². The van der Waals surface area contributed by atoms with Crippen LogP contribution < -0.4 is 10.1 Å². The fourth-order valence-electron chi connectivity index (χ4n) is 3.30. The third-order valence-corrected chi connectivity index (χ3v) is 6.78. The van der Waals surface area contributed by atoms with E-state index in [1.165, 1.54) is 17.8 Å². The van der Waals surface area contributed by atoms with Crippen molar-refractivity contribution in [1.29, 1.82) is 0 Å². The summed E-state index contributed by atoms with van der Waals surface area (Å²) in [5.74, 6) is 0.924. The van der Waals surface area contributed by atoms with E-state index in [0.717, 1.165) is 50.4 Å². The number of piperidine rings is 1. The molecule has 4 rings (SSSR count). The maximum atomic E-state index is 12.8. The average Bonchev–Trinajstić information content (AvgIpc) is 3.20. The van der Waals surface area contributed by atoms with E-state index >= 15 is 0 Å². The van der Waals surface area contributed by atoms with Gasteiger partial charge in [-0.3, -0.25) is 4.79 Å². The third kappa shape index (κ3) is 3.29. The van der Waals surface area contributed by atoms with Crippen LogP contribution in [0.25, 0.3) is 9.53 Å². The van der Waals surface area contributed by atoms with E-state index in [1.54, 1.807) is 18.4 Å². The van der Waals surface area contributed by atoms with Gasteiger partial charge in [0.1, 0.15) is 10.6 Å². The summed E-state index contributed by atoms with van der Waals surface area (Å²) in [5.41, 5.74) is 0.884. The van der Waals surface area contributed by atoms with Crippen LogP contribution in [0.15, 0.2) is 30.3 Å². The number of likely N-dealkylation sites (tertiary alicyclic amines) is 1. The summed E-state index contributed by atoms with van der Waals surface area (Å²) in [6.45, 7) is 3.00. The number of thiazole rings is 1. The zero-order valence-electron chi connectivity index (χ0n) is 14.8. The van der Waals surface area contributed by atoms with Gasteiger partial charge in [0, 0.05) is 12.6 Å². The predicted molar refractivity (Wildman–Crippen MR) is 108 cm³/mol. The van der Waals surface area contributed by atoms with Gasteiger partial charge in [-0.2, -0.15) is 0 Å². The highest BCUT2D eigenvalue weighted by Gasteiger charge is 2.26. The number of methoxy groups -OCH3 is 1. The molecule has 5 nitrogen and oxygen atoms in total. The van der Waals surface area contributed by atoms with Gasteiger partial charge in [0.15, 0.2) is 5.13 Å². The quantitative estimate of drug-likeness (QED) is 0.675. The number of nitrogens with zero attached hydrogens (tertiary/aromatic N) is 2. The molecule has 1 saturated heterocycles. The second-order valence-corrected chi connectivity index (χ2v) is 8.53. The van der Waals surface area contributed by atoms with Gasteiger partial charge in [-0.15, -0.1) is 11.3 Å². The van der Waals surface area contributed by atoms with Crippen molar-refractivity contribution in [2.75, 3.05) is 19.0 Å². The lowest BCUT2D eigenvalue weighted by Gasteiger charge is -2.33. The molecular weight excluding hydrogens is 366 g/mol. The van der Waals surface area contributed by atoms with Crippen LogP contribution in [-0.2, 0) is 0 Å². The number of thiophene rings is 1. The van der Waals surface area contributed by atoms with E-state index in [9.17, 15) is 4.79 Å². The maximum Gasteiger partial charge on any atom is 0.264 e. The number of hydrogen-bond acceptors (Lipinski definition) is 6. The van der Waals surface area contributed by atoms with Crippen LogP contribution in [0.3, 0.4) is 0 Å². The zero-order valence-corrected chi connectivity index (χ0v) is 16.5. The normalized spacial score (nSPS) is 17.5. The van der Waals surface area contributed by atoms with E-state index in [-0.39, 0.29) is 5.91 Å². The molecule has 1 unspecified atom stereocenters. The summed E-state index contributed by atoms with van der Waals surface area (Å²) in [4.78, 5) is 21.2. The largest absolute Gasteiger partial charge is 0.495 e. The van der Waals surface area contributed by atoms with Crippen LogP contribution in [0, 0.1) is 0 Å². The number of nitrogens with one attached hydrogen (secondary N) is 1. The van der Waals surface area contributed by atoms with Crippen LogP contribution >= 0.6 is 22.7 Å². The van der Waals surface area contributed by atoms with Gasteiger partial charge in [-0.1, -0.05) is 23.5 Å². The van der Waals surface area contributed by atoms with Crippen LogP contribution in [0.5, 0.6) is 5.75 Å². The van der Waals surface area contributed by atoms with Gasteiger partial charge in [0.25, 0.3) is 5.91 Å². The number of carbonyl (C=O) groups is 1. The summed E-state index contributed by atoms with van der Waals surface area (Å²) in [6, 6.07) is 10.1. The molecule has 1 fully saturated rings. The number of para-hydroxylation sites is 2. The number of anilines is 2. The van der Waals surface area contributed by atoms with Gasteiger partial charge in [-0.05, 0) is 44.4 Å². The fourth-order valence-corrected chi connectivity index (χ4v) is 5.38. The molecule has 0 aliphatic carbocycles. The van der Waals surface area contributed by atoms with Crippen LogP contribution in [0.1, 0.15) is 35.9 Å². The zero-order chi connectivity index (χ0) is 18.1. The molecule has 7 heteroatoms. The molecule has 0 radical (unpaired) electrons. The maximum absolute atomic E-state index is 12.8. The molecule has 26 heavy (non-hydrogen) atoms. The molecule has 1 aromatic carbocycles.